The molecule has 2 aromatic carbocycles. The van der Waals surface area contributed by atoms with Crippen LogP contribution in [0.3, 0.4) is 0 Å². The lowest BCUT2D eigenvalue weighted by molar-refractivity contribution is -0.147. The molecule has 0 spiro atoms. The third-order valence-corrected chi connectivity index (χ3v) is 5.11. The lowest BCUT2D eigenvalue weighted by atomic mass is 10.0. The molecule has 0 saturated carbocycles. The molecule has 30 heavy (non-hydrogen) atoms. The molecule has 1 heterocycles. The summed E-state index contributed by atoms with van der Waals surface area (Å²) in [5.74, 6) is -0.726. The topological polar surface area (TPSA) is 75.7 Å². The largest absolute Gasteiger partial charge is 0.454 e. The van der Waals surface area contributed by atoms with Crippen LogP contribution in [0.15, 0.2) is 48.5 Å². The van der Waals surface area contributed by atoms with Crippen LogP contribution in [0.5, 0.6) is 0 Å². The fourth-order valence-corrected chi connectivity index (χ4v) is 3.49. The molecule has 0 fully saturated rings. The van der Waals surface area contributed by atoms with E-state index in [4.69, 9.17) is 4.74 Å². The number of benzene rings is 2. The molecule has 2 amide bonds. The molecule has 1 N–H and O–H groups in total. The minimum atomic E-state index is -0.627. The first-order valence-corrected chi connectivity index (χ1v) is 10.4. The van der Waals surface area contributed by atoms with Crippen molar-refractivity contribution in [3.05, 3.63) is 59.7 Å². The Morgan fingerprint density at radius 2 is 1.53 bits per heavy atom. The quantitative estimate of drug-likeness (QED) is 0.711. The number of fused-ring (bicyclic) bond motifs is 2. The van der Waals surface area contributed by atoms with Crippen molar-refractivity contribution in [1.29, 1.82) is 0 Å². The lowest BCUT2D eigenvalue weighted by Crippen LogP contribution is -2.35. The van der Waals surface area contributed by atoms with Gasteiger partial charge in [0.25, 0.3) is 5.91 Å². The van der Waals surface area contributed by atoms with Crippen molar-refractivity contribution in [3.8, 4) is 0 Å². The Bertz CT molecular complexity index is 875. The second-order valence-corrected chi connectivity index (χ2v) is 7.86. The van der Waals surface area contributed by atoms with Gasteiger partial charge < -0.3 is 10.1 Å². The Morgan fingerprint density at radius 1 is 0.967 bits per heavy atom. The number of hydrogen-bond acceptors (Lipinski definition) is 4. The maximum Gasteiger partial charge on any atom is 0.325 e. The molecular weight excluding hydrogens is 380 g/mol. The maximum absolute atomic E-state index is 13.1. The first kappa shape index (κ1) is 21.6. The van der Waals surface area contributed by atoms with E-state index >= 15 is 0 Å². The van der Waals surface area contributed by atoms with Gasteiger partial charge in [0.05, 0.1) is 11.4 Å². The van der Waals surface area contributed by atoms with Crippen LogP contribution in [-0.4, -0.2) is 30.9 Å². The highest BCUT2D eigenvalue weighted by Gasteiger charge is 2.26. The molecule has 3 rings (SSSR count). The molecular formula is C24H28N2O4. The number of hydrogen-bond donors (Lipinski definition) is 1. The third-order valence-electron chi connectivity index (χ3n) is 5.11. The van der Waals surface area contributed by atoms with Gasteiger partial charge in [0, 0.05) is 6.42 Å². The summed E-state index contributed by atoms with van der Waals surface area (Å²) in [6.45, 7) is 3.44. The summed E-state index contributed by atoms with van der Waals surface area (Å²) in [6, 6.07) is 15.6. The van der Waals surface area contributed by atoms with E-state index in [-0.39, 0.29) is 25.0 Å². The molecule has 0 atom stereocenters. The van der Waals surface area contributed by atoms with Gasteiger partial charge in [0.1, 0.15) is 6.54 Å². The van der Waals surface area contributed by atoms with Gasteiger partial charge in [-0.05, 0) is 48.4 Å². The molecule has 158 valence electrons. The summed E-state index contributed by atoms with van der Waals surface area (Å²) >= 11 is 0. The number of ether oxygens (including phenoxy) is 1. The van der Waals surface area contributed by atoms with Gasteiger partial charge >= 0.3 is 5.97 Å². The van der Waals surface area contributed by atoms with Crippen molar-refractivity contribution in [2.24, 2.45) is 5.92 Å². The first-order chi connectivity index (χ1) is 14.5. The molecule has 1 aliphatic heterocycles. The third kappa shape index (κ3) is 5.47. The van der Waals surface area contributed by atoms with Crippen LogP contribution < -0.4 is 10.2 Å². The molecule has 6 heteroatoms. The number of nitrogens with one attached hydrogen (secondary N) is 1. The minimum absolute atomic E-state index is 0.192. The Hall–Kier alpha value is -3.15. The van der Waals surface area contributed by atoms with E-state index in [9.17, 15) is 14.4 Å². The van der Waals surface area contributed by atoms with Crippen molar-refractivity contribution in [2.75, 3.05) is 18.1 Å². The molecule has 0 radical (unpaired) electrons. The number of amides is 2. The number of nitrogens with zero attached hydrogens (tertiary/aromatic N) is 1. The van der Waals surface area contributed by atoms with Gasteiger partial charge in [-0.1, -0.05) is 50.2 Å². The second-order valence-electron chi connectivity index (χ2n) is 7.86. The fourth-order valence-electron chi connectivity index (χ4n) is 3.49. The Morgan fingerprint density at radius 3 is 2.10 bits per heavy atom. The normalized spacial score (nSPS) is 12.6. The highest BCUT2D eigenvalue weighted by atomic mass is 16.5. The van der Waals surface area contributed by atoms with Crippen molar-refractivity contribution in [3.63, 3.8) is 0 Å². The number of rotatable bonds is 7. The second kappa shape index (κ2) is 10.1. The summed E-state index contributed by atoms with van der Waals surface area (Å²) < 4.78 is 5.16. The SMILES string of the molecule is CC(C)CCC(=O)NCC(=O)OCC(=O)N1c2ccccc2CCc2ccccc21. The summed E-state index contributed by atoms with van der Waals surface area (Å²) in [6.07, 6.45) is 2.79. The van der Waals surface area contributed by atoms with Crippen molar-refractivity contribution < 1.29 is 19.1 Å². The molecule has 6 nitrogen and oxygen atoms in total. The van der Waals surface area contributed by atoms with E-state index in [2.05, 4.69) is 5.32 Å². The zero-order chi connectivity index (χ0) is 21.5. The highest BCUT2D eigenvalue weighted by Crippen LogP contribution is 2.35. The van der Waals surface area contributed by atoms with Crippen LogP contribution >= 0.6 is 0 Å². The van der Waals surface area contributed by atoms with Gasteiger partial charge in [0.2, 0.25) is 5.91 Å². The maximum atomic E-state index is 13.1. The van der Waals surface area contributed by atoms with E-state index in [1.807, 2.05) is 62.4 Å². The minimum Gasteiger partial charge on any atom is -0.454 e. The number of anilines is 2. The van der Waals surface area contributed by atoms with Crippen molar-refractivity contribution >= 4 is 29.2 Å². The molecule has 2 aromatic rings. The van der Waals surface area contributed by atoms with Crippen LogP contribution in [-0.2, 0) is 32.0 Å². The van der Waals surface area contributed by atoms with E-state index in [0.29, 0.717) is 12.3 Å². The summed E-state index contributed by atoms with van der Waals surface area (Å²) in [4.78, 5) is 38.5. The Kier molecular flexibility index (Phi) is 7.22. The molecule has 0 aliphatic carbocycles. The molecule has 0 saturated heterocycles. The van der Waals surface area contributed by atoms with Crippen LogP contribution in [0.1, 0.15) is 37.8 Å². The zero-order valence-corrected chi connectivity index (χ0v) is 17.5. The van der Waals surface area contributed by atoms with Crippen molar-refractivity contribution in [2.45, 2.75) is 39.5 Å². The van der Waals surface area contributed by atoms with Crippen LogP contribution in [0.25, 0.3) is 0 Å². The van der Waals surface area contributed by atoms with Gasteiger partial charge in [0.15, 0.2) is 6.61 Å². The van der Waals surface area contributed by atoms with Crippen molar-refractivity contribution in [1.82, 2.24) is 5.32 Å². The van der Waals surface area contributed by atoms with E-state index in [0.717, 1.165) is 41.8 Å². The molecule has 0 unspecified atom stereocenters. The van der Waals surface area contributed by atoms with E-state index in [1.165, 1.54) is 0 Å². The Balaban J connectivity index is 1.64. The molecule has 1 aliphatic rings. The van der Waals surface area contributed by atoms with Gasteiger partial charge in [-0.3, -0.25) is 19.3 Å². The summed E-state index contributed by atoms with van der Waals surface area (Å²) in [5.41, 5.74) is 3.77. The van der Waals surface area contributed by atoms with Crippen LogP contribution in [0, 0.1) is 5.92 Å². The van der Waals surface area contributed by atoms with E-state index < -0.39 is 5.97 Å². The standard InChI is InChI=1S/C24H28N2O4/c1-17(2)11-14-22(27)25-15-24(29)30-16-23(28)26-20-9-5-3-7-18(20)12-13-19-8-4-6-10-21(19)26/h3-10,17H,11-16H2,1-2H3,(H,25,27). The molecule has 0 bridgehead atoms. The van der Waals surface area contributed by atoms with Gasteiger partial charge in [-0.15, -0.1) is 0 Å². The van der Waals surface area contributed by atoms with Gasteiger partial charge in [-0.25, -0.2) is 0 Å². The number of esters is 1. The molecule has 0 aromatic heterocycles. The predicted molar refractivity (Wildman–Crippen MR) is 115 cm³/mol. The number of aryl methyl sites for hydroxylation is 2. The summed E-state index contributed by atoms with van der Waals surface area (Å²) in [5, 5.41) is 2.54. The fraction of sp³-hybridized carbons (Fsp3) is 0.375. The average Bonchev–Trinajstić information content (AvgIpc) is 2.91. The first-order valence-electron chi connectivity index (χ1n) is 10.4. The highest BCUT2D eigenvalue weighted by molar-refractivity contribution is 6.03. The number of carbonyl (C=O) groups excluding carboxylic acids is 3. The summed E-state index contributed by atoms with van der Waals surface area (Å²) in [7, 11) is 0. The smallest absolute Gasteiger partial charge is 0.325 e. The lowest BCUT2D eigenvalue weighted by Gasteiger charge is -2.24. The van der Waals surface area contributed by atoms with Crippen LogP contribution in [0.4, 0.5) is 11.4 Å². The van der Waals surface area contributed by atoms with Gasteiger partial charge in [-0.2, -0.15) is 0 Å². The average molecular weight is 408 g/mol. The van der Waals surface area contributed by atoms with Crippen LogP contribution in [0.2, 0.25) is 0 Å². The zero-order valence-electron chi connectivity index (χ0n) is 17.5. The monoisotopic (exact) mass is 408 g/mol. The predicted octanol–water partition coefficient (Wildman–Crippen LogP) is 3.55. The Labute approximate surface area is 177 Å². The number of carbonyl (C=O) groups is 3. The number of para-hydroxylation sites is 2. The van der Waals surface area contributed by atoms with E-state index in [1.54, 1.807) is 4.90 Å².